The van der Waals surface area contributed by atoms with Gasteiger partial charge in [0.25, 0.3) is 0 Å². The van der Waals surface area contributed by atoms with Crippen LogP contribution in [0.5, 0.6) is 0 Å². The van der Waals surface area contributed by atoms with Crippen LogP contribution in [0.4, 0.5) is 0 Å². The first kappa shape index (κ1) is 52.9. The molecule has 0 saturated carbocycles. The summed E-state index contributed by atoms with van der Waals surface area (Å²) in [7, 11) is 0. The van der Waals surface area contributed by atoms with Gasteiger partial charge < -0.3 is 14.2 Å². The molecule has 0 heterocycles. The molecule has 0 bridgehead atoms. The maximum Gasteiger partial charge on any atom is 0.306 e. The topological polar surface area (TPSA) is 78.9 Å². The van der Waals surface area contributed by atoms with Crippen molar-refractivity contribution < 1.29 is 28.6 Å². The zero-order chi connectivity index (χ0) is 40.8. The van der Waals surface area contributed by atoms with Crippen molar-refractivity contribution in [2.24, 2.45) is 0 Å². The molecule has 6 nitrogen and oxygen atoms in total. The maximum absolute atomic E-state index is 12.7. The number of ether oxygens (including phenoxy) is 3. The molecule has 0 aromatic rings. The van der Waals surface area contributed by atoms with Gasteiger partial charge in [0.05, 0.1) is 0 Å². The van der Waals surface area contributed by atoms with E-state index in [0.29, 0.717) is 19.3 Å². The molecule has 0 N–H and O–H groups in total. The van der Waals surface area contributed by atoms with Crippen molar-refractivity contribution in [1.29, 1.82) is 0 Å². The summed E-state index contributed by atoms with van der Waals surface area (Å²) in [4.78, 5) is 37.7. The molecular weight excluding hydrogens is 697 g/mol. The molecule has 0 aromatic heterocycles. The third-order valence-corrected chi connectivity index (χ3v) is 9.50. The van der Waals surface area contributed by atoms with E-state index in [2.05, 4.69) is 93.7 Å². The number of rotatable bonds is 40. The average molecular weight is 781 g/mol. The number of hydrogen-bond donors (Lipinski definition) is 0. The van der Waals surface area contributed by atoms with Gasteiger partial charge in [0.1, 0.15) is 13.2 Å². The first-order valence-electron chi connectivity index (χ1n) is 23.0. The molecule has 0 aromatic carbocycles. The van der Waals surface area contributed by atoms with Gasteiger partial charge in [-0.3, -0.25) is 14.4 Å². The number of carbonyl (C=O) groups is 3. The van der Waals surface area contributed by atoms with Crippen LogP contribution in [0.25, 0.3) is 0 Å². The molecule has 6 heteroatoms. The summed E-state index contributed by atoms with van der Waals surface area (Å²) in [6, 6.07) is 0. The van der Waals surface area contributed by atoms with Gasteiger partial charge in [-0.1, -0.05) is 177 Å². The third-order valence-electron chi connectivity index (χ3n) is 9.50. The second-order valence-electron chi connectivity index (χ2n) is 15.0. The van der Waals surface area contributed by atoms with Crippen molar-refractivity contribution in [3.05, 3.63) is 72.9 Å². The summed E-state index contributed by atoms with van der Waals surface area (Å²) >= 11 is 0. The van der Waals surface area contributed by atoms with Crippen molar-refractivity contribution in [2.75, 3.05) is 13.2 Å². The highest BCUT2D eigenvalue weighted by atomic mass is 16.6. The Hall–Kier alpha value is -3.15. The Kier molecular flexibility index (Phi) is 42.1. The van der Waals surface area contributed by atoms with Gasteiger partial charge in [0.2, 0.25) is 0 Å². The largest absolute Gasteiger partial charge is 0.462 e. The van der Waals surface area contributed by atoms with E-state index >= 15 is 0 Å². The summed E-state index contributed by atoms with van der Waals surface area (Å²) in [5.41, 5.74) is 0. The lowest BCUT2D eigenvalue weighted by molar-refractivity contribution is -0.167. The second-order valence-corrected chi connectivity index (χ2v) is 15.0. The molecule has 0 fully saturated rings. The minimum Gasteiger partial charge on any atom is -0.462 e. The summed E-state index contributed by atoms with van der Waals surface area (Å²) in [5.74, 6) is -0.950. The zero-order valence-corrected chi connectivity index (χ0v) is 36.4. The Morgan fingerprint density at radius 2 is 0.732 bits per heavy atom. The minimum absolute atomic E-state index is 0.0945. The lowest BCUT2D eigenvalue weighted by Crippen LogP contribution is -2.30. The van der Waals surface area contributed by atoms with E-state index in [1.54, 1.807) is 0 Å². The molecule has 0 spiro atoms. The van der Waals surface area contributed by atoms with Crippen molar-refractivity contribution in [2.45, 2.75) is 213 Å². The summed E-state index contributed by atoms with van der Waals surface area (Å²) in [6.07, 6.45) is 54.5. The van der Waals surface area contributed by atoms with Crippen LogP contribution in [0.15, 0.2) is 72.9 Å². The van der Waals surface area contributed by atoms with Crippen LogP contribution >= 0.6 is 0 Å². The molecule has 0 rings (SSSR count). The van der Waals surface area contributed by atoms with E-state index in [0.717, 1.165) is 96.3 Å². The summed E-state index contributed by atoms with van der Waals surface area (Å²) < 4.78 is 16.7. The van der Waals surface area contributed by atoms with Crippen LogP contribution in [0.3, 0.4) is 0 Å². The van der Waals surface area contributed by atoms with E-state index in [4.69, 9.17) is 14.2 Å². The van der Waals surface area contributed by atoms with Gasteiger partial charge in [0.15, 0.2) is 6.10 Å². The minimum atomic E-state index is -0.793. The first-order valence-corrected chi connectivity index (χ1v) is 23.0. The monoisotopic (exact) mass is 781 g/mol. The highest BCUT2D eigenvalue weighted by Crippen LogP contribution is 2.13. The molecule has 56 heavy (non-hydrogen) atoms. The molecule has 0 aliphatic carbocycles. The molecule has 320 valence electrons. The SMILES string of the molecule is CC\C=C/C=C\C=C/CCCCCCCCCC(=O)OCC(COC(=O)CCCCC/C=C\C=C/CCCC)OC(=O)CCCCCCC/C=C\CCCCC. The maximum atomic E-state index is 12.7. The molecule has 0 aliphatic heterocycles. The Labute approximate surface area is 344 Å². The Morgan fingerprint density at radius 1 is 0.375 bits per heavy atom. The molecular formula is C50H84O6. The van der Waals surface area contributed by atoms with E-state index in [-0.39, 0.29) is 31.1 Å². The fourth-order valence-electron chi connectivity index (χ4n) is 6.00. The number of carbonyl (C=O) groups excluding carboxylic acids is 3. The van der Waals surface area contributed by atoms with Crippen LogP contribution in [0.2, 0.25) is 0 Å². The van der Waals surface area contributed by atoms with Crippen molar-refractivity contribution in [1.82, 2.24) is 0 Å². The van der Waals surface area contributed by atoms with Crippen LogP contribution in [-0.2, 0) is 28.6 Å². The van der Waals surface area contributed by atoms with Crippen LogP contribution in [0, 0.1) is 0 Å². The van der Waals surface area contributed by atoms with Crippen LogP contribution < -0.4 is 0 Å². The van der Waals surface area contributed by atoms with Crippen molar-refractivity contribution >= 4 is 17.9 Å². The highest BCUT2D eigenvalue weighted by molar-refractivity contribution is 5.71. The van der Waals surface area contributed by atoms with Gasteiger partial charge in [-0.15, -0.1) is 0 Å². The lowest BCUT2D eigenvalue weighted by atomic mass is 10.1. The molecule has 0 radical (unpaired) electrons. The number of allylic oxidation sites excluding steroid dienone is 12. The van der Waals surface area contributed by atoms with E-state index in [9.17, 15) is 14.4 Å². The quantitative estimate of drug-likeness (QED) is 0.0203. The number of hydrogen-bond acceptors (Lipinski definition) is 6. The van der Waals surface area contributed by atoms with E-state index in [1.807, 2.05) is 0 Å². The van der Waals surface area contributed by atoms with Gasteiger partial charge in [0, 0.05) is 19.3 Å². The predicted molar refractivity (Wildman–Crippen MR) is 238 cm³/mol. The van der Waals surface area contributed by atoms with Crippen LogP contribution in [0.1, 0.15) is 207 Å². The standard InChI is InChI=1S/C50H84O6/c1-4-7-10-13-16-19-22-24-25-26-29-31-34-37-40-43-49(52)55-46-47(45-54-48(51)42-39-36-33-30-27-21-18-15-12-9-6-3)56-50(53)44-41-38-35-32-28-23-20-17-14-11-8-5-2/h7,10,13,15-22,27,47H,4-6,8-9,11-12,14,23-26,28-46H2,1-3H3/b10-7-,16-13-,18-15-,20-17-,22-19-,27-21-. The Morgan fingerprint density at radius 3 is 1.21 bits per heavy atom. The fraction of sp³-hybridized carbons (Fsp3) is 0.700. The molecule has 1 unspecified atom stereocenters. The average Bonchev–Trinajstić information content (AvgIpc) is 3.19. The smallest absolute Gasteiger partial charge is 0.306 e. The molecule has 1 atom stereocenters. The summed E-state index contributed by atoms with van der Waals surface area (Å²) in [5, 5.41) is 0. The highest BCUT2D eigenvalue weighted by Gasteiger charge is 2.19. The van der Waals surface area contributed by atoms with Crippen LogP contribution in [-0.4, -0.2) is 37.2 Å². The first-order chi connectivity index (χ1) is 27.5. The second kappa shape index (κ2) is 44.6. The number of esters is 3. The van der Waals surface area contributed by atoms with Gasteiger partial charge in [-0.05, 0) is 83.5 Å². The van der Waals surface area contributed by atoms with E-state index < -0.39 is 6.10 Å². The molecule has 0 aliphatic rings. The number of unbranched alkanes of at least 4 members (excludes halogenated alkanes) is 20. The summed E-state index contributed by atoms with van der Waals surface area (Å²) in [6.45, 7) is 6.37. The molecule has 0 amide bonds. The zero-order valence-electron chi connectivity index (χ0n) is 36.4. The Balaban J connectivity index is 4.44. The van der Waals surface area contributed by atoms with Gasteiger partial charge >= 0.3 is 17.9 Å². The molecule has 0 saturated heterocycles. The Bertz CT molecular complexity index is 1080. The lowest BCUT2D eigenvalue weighted by Gasteiger charge is -2.18. The predicted octanol–water partition coefficient (Wildman–Crippen LogP) is 14.7. The van der Waals surface area contributed by atoms with Gasteiger partial charge in [-0.25, -0.2) is 0 Å². The van der Waals surface area contributed by atoms with Crippen molar-refractivity contribution in [3.63, 3.8) is 0 Å². The van der Waals surface area contributed by atoms with E-state index in [1.165, 1.54) is 70.6 Å². The third kappa shape index (κ3) is 42.0. The van der Waals surface area contributed by atoms with Gasteiger partial charge in [-0.2, -0.15) is 0 Å². The van der Waals surface area contributed by atoms with Crippen molar-refractivity contribution in [3.8, 4) is 0 Å². The normalized spacial score (nSPS) is 12.7. The fourth-order valence-corrected chi connectivity index (χ4v) is 6.00.